The fourth-order valence-corrected chi connectivity index (χ4v) is 6.74. The van der Waals surface area contributed by atoms with Gasteiger partial charge in [-0.15, -0.1) is 0 Å². The summed E-state index contributed by atoms with van der Waals surface area (Å²) in [5.41, 5.74) is 27.7. The Balaban J connectivity index is 0. The van der Waals surface area contributed by atoms with Crippen LogP contribution in [0.2, 0.25) is 0 Å². The third kappa shape index (κ3) is 29.7. The van der Waals surface area contributed by atoms with Crippen LogP contribution in [0.1, 0.15) is 85.1 Å². The molecule has 0 radical (unpaired) electrons. The van der Waals surface area contributed by atoms with E-state index in [-0.39, 0.29) is 75.3 Å². The van der Waals surface area contributed by atoms with Gasteiger partial charge in [0.2, 0.25) is 29.5 Å². The molecule has 0 aliphatic carbocycles. The summed E-state index contributed by atoms with van der Waals surface area (Å²) in [7, 11) is 1.47. The van der Waals surface area contributed by atoms with Gasteiger partial charge in [0.15, 0.2) is 11.9 Å². The van der Waals surface area contributed by atoms with Gasteiger partial charge in [-0.05, 0) is 74.0 Å². The van der Waals surface area contributed by atoms with Crippen molar-refractivity contribution in [3.63, 3.8) is 0 Å². The van der Waals surface area contributed by atoms with Crippen molar-refractivity contribution in [2.24, 2.45) is 50.0 Å². The Morgan fingerprint density at radius 1 is 0.700 bits per heavy atom. The monoisotopic (exact) mass is 1170 g/mol. The number of hydrogen-bond donors (Lipinski definition) is 13. The van der Waals surface area contributed by atoms with E-state index in [2.05, 4.69) is 25.9 Å². The summed E-state index contributed by atoms with van der Waals surface area (Å²) >= 11 is 0. The van der Waals surface area contributed by atoms with Crippen molar-refractivity contribution in [1.82, 2.24) is 25.8 Å². The molecule has 1 fully saturated rings. The molecule has 1 aliphatic rings. The molecule has 456 valence electrons. The minimum absolute atomic E-state index is 0.0130. The van der Waals surface area contributed by atoms with Crippen LogP contribution in [0, 0.1) is 11.3 Å². The van der Waals surface area contributed by atoms with Gasteiger partial charge in [0.25, 0.3) is 0 Å². The molecule has 1 aromatic rings. The van der Waals surface area contributed by atoms with Gasteiger partial charge in [-0.2, -0.15) is 39.5 Å². The standard InChI is InChI=1S/C39H66N12O8.3C2HF3O2/c1-22(2)20-27(36(58)59)48-33(55)30(39(3,4)5)49-31(53)26(21-23-13-15-24(52)16-14-23)47-32(54)28-12-9-19-51(28)35(57)29(11-8-18-46-38(43)44)50(6)34(56)25(40)10-7-17-45-37(41)42;3*3-2(4,5)1(6)7/h13-16,22,25-30,52H,7-12,17-21,40H2,1-6H3,(H,47,54)(H,48,55)(H,49,53)(H,58,59)(H4,41,42,45)(H4,43,44,46);3*(H,6,7)/t25-,26-,27-,28-,29-,30+;;;/m0.../s1. The van der Waals surface area contributed by atoms with Gasteiger partial charge >= 0.3 is 42.4 Å². The Kier molecular flexibility index (Phi) is 31.1. The van der Waals surface area contributed by atoms with Crippen molar-refractivity contribution in [2.75, 3.05) is 26.7 Å². The van der Waals surface area contributed by atoms with Crippen LogP contribution in [0.25, 0.3) is 0 Å². The average molecular weight is 1170 g/mol. The number of phenols is 1. The lowest BCUT2D eigenvalue weighted by Gasteiger charge is -2.35. The maximum absolute atomic E-state index is 14.4. The molecule has 0 aromatic heterocycles. The van der Waals surface area contributed by atoms with E-state index in [9.17, 15) is 78.5 Å². The first kappa shape index (κ1) is 74.2. The summed E-state index contributed by atoms with van der Waals surface area (Å²) in [6, 6.07) is -0.700. The van der Waals surface area contributed by atoms with Gasteiger partial charge in [0.05, 0.1) is 6.04 Å². The first-order valence-electron chi connectivity index (χ1n) is 23.6. The number of nitrogens with zero attached hydrogens (tertiary/aromatic N) is 4. The van der Waals surface area contributed by atoms with E-state index >= 15 is 0 Å². The highest BCUT2D eigenvalue weighted by molar-refractivity contribution is 5.97. The van der Waals surface area contributed by atoms with Crippen molar-refractivity contribution in [1.29, 1.82) is 0 Å². The molecule has 35 heteroatoms. The van der Waals surface area contributed by atoms with Gasteiger partial charge in [-0.3, -0.25) is 34.0 Å². The number of nitrogens with one attached hydrogen (secondary N) is 3. The van der Waals surface area contributed by atoms with Gasteiger partial charge in [-0.1, -0.05) is 46.8 Å². The second kappa shape index (κ2) is 33.5. The number of carbonyl (C=O) groups is 9. The van der Waals surface area contributed by atoms with E-state index in [0.717, 1.165) is 0 Å². The number of alkyl halides is 9. The number of aliphatic imine (C=N–C) groups is 2. The summed E-state index contributed by atoms with van der Waals surface area (Å²) in [5.74, 6) is -12.9. The van der Waals surface area contributed by atoms with Crippen LogP contribution in [-0.4, -0.2) is 182 Å². The fourth-order valence-electron chi connectivity index (χ4n) is 6.74. The van der Waals surface area contributed by atoms with E-state index in [1.54, 1.807) is 32.9 Å². The number of halogens is 9. The minimum Gasteiger partial charge on any atom is -0.508 e. The molecular weight excluding hydrogens is 1100 g/mol. The lowest BCUT2D eigenvalue weighted by Crippen LogP contribution is -2.61. The first-order valence-corrected chi connectivity index (χ1v) is 23.6. The van der Waals surface area contributed by atoms with Crippen molar-refractivity contribution in [2.45, 2.75) is 141 Å². The smallest absolute Gasteiger partial charge is 0.490 e. The van der Waals surface area contributed by atoms with Gasteiger partial charge in [0, 0.05) is 33.1 Å². The number of carboxylic acid groups (broad SMARTS) is 4. The molecule has 0 saturated carbocycles. The molecule has 0 unspecified atom stereocenters. The van der Waals surface area contributed by atoms with Gasteiger partial charge < -0.3 is 80.0 Å². The molecule has 5 amide bonds. The van der Waals surface area contributed by atoms with Crippen LogP contribution >= 0.6 is 0 Å². The summed E-state index contributed by atoms with van der Waals surface area (Å²) < 4.78 is 95.2. The number of carboxylic acids is 4. The van der Waals surface area contributed by atoms with Crippen molar-refractivity contribution in [3.8, 4) is 5.75 Å². The number of guanidine groups is 2. The zero-order chi connectivity index (χ0) is 62.8. The van der Waals surface area contributed by atoms with Crippen LogP contribution in [-0.2, 0) is 49.6 Å². The molecule has 18 N–H and O–H groups in total. The molecule has 1 aromatic carbocycles. The summed E-state index contributed by atoms with van der Waals surface area (Å²) in [6.45, 7) is 9.41. The normalized spacial score (nSPS) is 15.1. The number of carbonyl (C=O) groups excluding carboxylic acids is 5. The molecule has 1 aliphatic heterocycles. The Morgan fingerprint density at radius 2 is 1.14 bits per heavy atom. The quantitative estimate of drug-likeness (QED) is 0.0329. The maximum Gasteiger partial charge on any atom is 0.490 e. The lowest BCUT2D eigenvalue weighted by molar-refractivity contribution is -0.193. The molecule has 1 heterocycles. The second-order valence-electron chi connectivity index (χ2n) is 18.8. The first-order chi connectivity index (χ1) is 36.4. The zero-order valence-corrected chi connectivity index (χ0v) is 44.1. The molecule has 0 bridgehead atoms. The zero-order valence-electron chi connectivity index (χ0n) is 44.1. The number of hydrogen-bond acceptors (Lipinski definition) is 13. The maximum atomic E-state index is 14.4. The second-order valence-corrected chi connectivity index (χ2v) is 18.8. The van der Waals surface area contributed by atoms with Crippen molar-refractivity contribution in [3.05, 3.63) is 29.8 Å². The number of rotatable bonds is 22. The van der Waals surface area contributed by atoms with Crippen LogP contribution in [0.5, 0.6) is 5.75 Å². The highest BCUT2D eigenvalue weighted by Crippen LogP contribution is 2.25. The number of phenolic OH excluding ortho intramolecular Hbond substituents is 1. The van der Waals surface area contributed by atoms with Crippen molar-refractivity contribution >= 4 is 65.3 Å². The third-order valence-corrected chi connectivity index (χ3v) is 10.6. The largest absolute Gasteiger partial charge is 0.508 e. The van der Waals surface area contributed by atoms with E-state index in [4.69, 9.17) is 58.4 Å². The number of likely N-dealkylation sites (tertiary alicyclic amines) is 1. The Labute approximate surface area is 451 Å². The van der Waals surface area contributed by atoms with Crippen LogP contribution in [0.3, 0.4) is 0 Å². The number of benzene rings is 1. The summed E-state index contributed by atoms with van der Waals surface area (Å²) in [5, 5.41) is 49.1. The number of likely N-dealkylation sites (N-methyl/N-ethyl adjacent to an activating group) is 1. The van der Waals surface area contributed by atoms with E-state index in [1.165, 1.54) is 29.0 Å². The SMILES string of the molecule is CC(C)C[C@H](NC(=O)[C@@H](NC(=O)[C@H](Cc1ccc(O)cc1)NC(=O)[C@@H]1CCCN1C(=O)[C@H](CCCN=C(N)N)N(C)C(=O)[C@@H](N)CCCN=C(N)N)C(C)(C)C)C(=O)O.O=C(O)C(F)(F)F.O=C(O)C(F)(F)F.O=C(O)C(F)(F)F. The molecule has 2 rings (SSSR count). The summed E-state index contributed by atoms with van der Waals surface area (Å²) in [4.78, 5) is 119. The van der Waals surface area contributed by atoms with Gasteiger partial charge in [0.1, 0.15) is 36.0 Å². The highest BCUT2D eigenvalue weighted by atomic mass is 19.4. The number of aromatic hydroxyl groups is 1. The lowest BCUT2D eigenvalue weighted by atomic mass is 9.85. The predicted octanol–water partition coefficient (Wildman–Crippen LogP) is 0.718. The number of amides is 5. The topological polar surface area (TPSA) is 452 Å². The van der Waals surface area contributed by atoms with E-state index in [1.807, 2.05) is 13.8 Å². The summed E-state index contributed by atoms with van der Waals surface area (Å²) in [6.07, 6.45) is -13.3. The van der Waals surface area contributed by atoms with Crippen LogP contribution in [0.4, 0.5) is 39.5 Å². The van der Waals surface area contributed by atoms with Gasteiger partial charge in [-0.25, -0.2) is 19.2 Å². The fraction of sp³-hybridized carbons (Fsp3) is 0.622. The molecular formula is C45H69F9N12O14. The van der Waals surface area contributed by atoms with Crippen LogP contribution in [0.15, 0.2) is 34.3 Å². The van der Waals surface area contributed by atoms with Crippen LogP contribution < -0.4 is 44.6 Å². The third-order valence-electron chi connectivity index (χ3n) is 10.6. The van der Waals surface area contributed by atoms with E-state index in [0.29, 0.717) is 24.8 Å². The van der Waals surface area contributed by atoms with Crippen molar-refractivity contribution < 1.29 is 108 Å². The minimum atomic E-state index is -5.08. The Hall–Kier alpha value is -7.88. The molecule has 6 atom stereocenters. The Morgan fingerprint density at radius 3 is 1.52 bits per heavy atom. The number of aliphatic carboxylic acids is 4. The highest BCUT2D eigenvalue weighted by Gasteiger charge is 2.43. The predicted molar refractivity (Wildman–Crippen MR) is 264 cm³/mol. The molecule has 0 spiro atoms. The van der Waals surface area contributed by atoms with E-state index < -0.39 is 114 Å². The number of nitrogens with two attached hydrogens (primary N) is 5. The Bertz CT molecular complexity index is 2230. The molecule has 80 heavy (non-hydrogen) atoms. The molecule has 1 saturated heterocycles. The molecule has 26 nitrogen and oxygen atoms in total. The average Bonchev–Trinajstić information content (AvgIpc) is 3.81.